The topological polar surface area (TPSA) is 53.4 Å². The summed E-state index contributed by atoms with van der Waals surface area (Å²) in [7, 11) is 0. The molecule has 2 fully saturated rings. The lowest BCUT2D eigenvalue weighted by molar-refractivity contribution is 0.0469. The van der Waals surface area contributed by atoms with Crippen molar-refractivity contribution in [3.63, 3.8) is 0 Å². The summed E-state index contributed by atoms with van der Waals surface area (Å²) in [5.41, 5.74) is 0.870. The van der Waals surface area contributed by atoms with Crippen molar-refractivity contribution in [3.05, 3.63) is 24.0 Å². The van der Waals surface area contributed by atoms with Crippen molar-refractivity contribution < 1.29 is 9.90 Å². The quantitative estimate of drug-likeness (QED) is 0.856. The van der Waals surface area contributed by atoms with Gasteiger partial charge in [0.05, 0.1) is 11.8 Å². The lowest BCUT2D eigenvalue weighted by atomic mass is 9.68. The van der Waals surface area contributed by atoms with Crippen LogP contribution in [0.5, 0.6) is 5.75 Å². The number of hydrogen-bond donors (Lipinski definition) is 1. The van der Waals surface area contributed by atoms with Gasteiger partial charge in [-0.15, -0.1) is 0 Å². The van der Waals surface area contributed by atoms with Gasteiger partial charge >= 0.3 is 0 Å². The maximum Gasteiger partial charge on any atom is 0.257 e. The fourth-order valence-electron chi connectivity index (χ4n) is 3.72. The Morgan fingerprint density at radius 2 is 1.85 bits per heavy atom. The maximum atomic E-state index is 12.4. The van der Waals surface area contributed by atoms with Gasteiger partial charge in [0.1, 0.15) is 5.75 Å². The van der Waals surface area contributed by atoms with E-state index in [4.69, 9.17) is 0 Å². The molecule has 1 aromatic rings. The normalized spacial score (nSPS) is 21.9. The van der Waals surface area contributed by atoms with E-state index in [-0.39, 0.29) is 11.7 Å². The zero-order chi connectivity index (χ0) is 14.0. The van der Waals surface area contributed by atoms with E-state index in [2.05, 4.69) is 4.98 Å². The number of nitrogens with zero attached hydrogens (tertiary/aromatic N) is 2. The van der Waals surface area contributed by atoms with Crippen LogP contribution in [0.4, 0.5) is 0 Å². The summed E-state index contributed by atoms with van der Waals surface area (Å²) in [6.45, 7) is 1.64. The van der Waals surface area contributed by atoms with Gasteiger partial charge < -0.3 is 10.0 Å². The summed E-state index contributed by atoms with van der Waals surface area (Å²) in [6.07, 6.45) is 11.8. The van der Waals surface area contributed by atoms with Crippen molar-refractivity contribution in [2.45, 2.75) is 44.9 Å². The number of amides is 1. The Bertz CT molecular complexity index is 485. The third-order valence-electron chi connectivity index (χ3n) is 5.06. The van der Waals surface area contributed by atoms with Gasteiger partial charge in [0.2, 0.25) is 0 Å². The summed E-state index contributed by atoms with van der Waals surface area (Å²) < 4.78 is 0. The third-order valence-corrected chi connectivity index (χ3v) is 5.06. The molecule has 1 saturated carbocycles. The minimum absolute atomic E-state index is 0.0181. The average molecular weight is 274 g/mol. The van der Waals surface area contributed by atoms with Crippen LogP contribution in [-0.4, -0.2) is 34.0 Å². The summed E-state index contributed by atoms with van der Waals surface area (Å²) in [5.74, 6) is -0.0778. The number of pyridine rings is 1. The van der Waals surface area contributed by atoms with E-state index in [9.17, 15) is 9.90 Å². The van der Waals surface area contributed by atoms with Crippen LogP contribution < -0.4 is 0 Å². The first-order valence-corrected chi connectivity index (χ1v) is 7.63. The molecule has 2 heterocycles. The Labute approximate surface area is 119 Å². The van der Waals surface area contributed by atoms with E-state index in [0.717, 1.165) is 25.9 Å². The molecule has 0 unspecified atom stereocenters. The van der Waals surface area contributed by atoms with Crippen molar-refractivity contribution >= 4 is 5.91 Å². The smallest absolute Gasteiger partial charge is 0.257 e. The highest BCUT2D eigenvalue weighted by atomic mass is 16.3. The number of hydrogen-bond acceptors (Lipinski definition) is 3. The van der Waals surface area contributed by atoms with E-state index in [1.165, 1.54) is 38.3 Å². The monoisotopic (exact) mass is 274 g/mol. The fourth-order valence-corrected chi connectivity index (χ4v) is 3.72. The summed E-state index contributed by atoms with van der Waals surface area (Å²) in [4.78, 5) is 18.1. The molecule has 20 heavy (non-hydrogen) atoms. The average Bonchev–Trinajstić information content (AvgIpc) is 2.49. The molecule has 1 aliphatic heterocycles. The molecule has 1 spiro atoms. The lowest BCUT2D eigenvalue weighted by Crippen LogP contribution is -2.43. The first-order chi connectivity index (χ1) is 9.70. The zero-order valence-electron chi connectivity index (χ0n) is 11.8. The van der Waals surface area contributed by atoms with Crippen LogP contribution in [0, 0.1) is 5.41 Å². The maximum absolute atomic E-state index is 12.4. The van der Waals surface area contributed by atoms with E-state index >= 15 is 0 Å². The zero-order valence-corrected chi connectivity index (χ0v) is 11.8. The summed E-state index contributed by atoms with van der Waals surface area (Å²) in [5, 5.41) is 9.74. The molecule has 0 atom stereocenters. The van der Waals surface area contributed by atoms with Crippen LogP contribution >= 0.6 is 0 Å². The van der Waals surface area contributed by atoms with Gasteiger partial charge in [-0.2, -0.15) is 0 Å². The highest BCUT2D eigenvalue weighted by Gasteiger charge is 2.37. The van der Waals surface area contributed by atoms with Crippen LogP contribution in [-0.2, 0) is 0 Å². The highest BCUT2D eigenvalue weighted by Crippen LogP contribution is 2.44. The van der Waals surface area contributed by atoms with Crippen LogP contribution in [0.25, 0.3) is 0 Å². The Morgan fingerprint density at radius 1 is 1.15 bits per heavy atom. The van der Waals surface area contributed by atoms with Crippen LogP contribution in [0.3, 0.4) is 0 Å². The second kappa shape index (κ2) is 5.43. The van der Waals surface area contributed by atoms with Gasteiger partial charge in [0.15, 0.2) is 0 Å². The van der Waals surface area contributed by atoms with Gasteiger partial charge in [0.25, 0.3) is 5.91 Å². The van der Waals surface area contributed by atoms with E-state index in [1.54, 1.807) is 12.3 Å². The molecule has 1 amide bonds. The molecule has 1 N–H and O–H groups in total. The summed E-state index contributed by atoms with van der Waals surface area (Å²) in [6, 6.07) is 1.60. The molecule has 4 nitrogen and oxygen atoms in total. The lowest BCUT2D eigenvalue weighted by Gasteiger charge is -2.44. The van der Waals surface area contributed by atoms with E-state index in [0.29, 0.717) is 11.0 Å². The molecule has 4 heteroatoms. The van der Waals surface area contributed by atoms with Crippen molar-refractivity contribution in [2.24, 2.45) is 5.41 Å². The number of rotatable bonds is 1. The largest absolute Gasteiger partial charge is 0.505 e. The molecule has 0 aromatic carbocycles. The molecule has 1 aliphatic carbocycles. The van der Waals surface area contributed by atoms with E-state index < -0.39 is 0 Å². The van der Waals surface area contributed by atoms with Crippen molar-refractivity contribution in [1.29, 1.82) is 0 Å². The van der Waals surface area contributed by atoms with Gasteiger partial charge in [-0.25, -0.2) is 0 Å². The fraction of sp³-hybridized carbons (Fsp3) is 0.625. The number of likely N-dealkylation sites (tertiary alicyclic amines) is 1. The number of carbonyl (C=O) groups excluding carboxylic acids is 1. The number of aromatic hydroxyl groups is 1. The van der Waals surface area contributed by atoms with Crippen molar-refractivity contribution in [3.8, 4) is 5.75 Å². The van der Waals surface area contributed by atoms with Gasteiger partial charge in [-0.3, -0.25) is 9.78 Å². The van der Waals surface area contributed by atoms with Crippen LogP contribution in [0.1, 0.15) is 55.3 Å². The minimum atomic E-state index is -0.0597. The molecular formula is C16H22N2O2. The van der Waals surface area contributed by atoms with Gasteiger partial charge in [0, 0.05) is 19.3 Å². The molecular weight excluding hydrogens is 252 g/mol. The Balaban J connectivity index is 1.66. The third kappa shape index (κ3) is 2.51. The van der Waals surface area contributed by atoms with Gasteiger partial charge in [-0.05, 0) is 37.2 Å². The number of carbonyl (C=O) groups is 1. The molecule has 0 radical (unpaired) electrons. The number of piperidine rings is 1. The van der Waals surface area contributed by atoms with Crippen molar-refractivity contribution in [2.75, 3.05) is 13.1 Å². The van der Waals surface area contributed by atoms with Crippen LogP contribution in [0.2, 0.25) is 0 Å². The van der Waals surface area contributed by atoms with E-state index in [1.807, 2.05) is 4.90 Å². The second-order valence-corrected chi connectivity index (χ2v) is 6.25. The predicted octanol–water partition coefficient (Wildman–Crippen LogP) is 2.97. The summed E-state index contributed by atoms with van der Waals surface area (Å²) >= 11 is 0. The van der Waals surface area contributed by atoms with Crippen LogP contribution in [0.15, 0.2) is 18.5 Å². The first-order valence-electron chi connectivity index (χ1n) is 7.63. The molecule has 2 aliphatic rings. The Kier molecular flexibility index (Phi) is 3.64. The Hall–Kier alpha value is -1.58. The molecule has 1 aromatic heterocycles. The standard InChI is InChI=1S/C16H22N2O2/c19-14-12-17-9-4-13(14)15(20)18-10-7-16(8-11-18)5-2-1-3-6-16/h4,9,12,19H,1-3,5-8,10-11H2. The van der Waals surface area contributed by atoms with Gasteiger partial charge in [-0.1, -0.05) is 19.3 Å². The molecule has 1 saturated heterocycles. The SMILES string of the molecule is O=C(c1ccncc1O)N1CCC2(CCCCC2)CC1. The minimum Gasteiger partial charge on any atom is -0.505 e. The molecule has 0 bridgehead atoms. The predicted molar refractivity (Wildman–Crippen MR) is 76.6 cm³/mol. The first kappa shape index (κ1) is 13.4. The highest BCUT2D eigenvalue weighted by molar-refractivity contribution is 5.96. The number of aromatic nitrogens is 1. The molecule has 3 rings (SSSR count). The molecule has 108 valence electrons. The second-order valence-electron chi connectivity index (χ2n) is 6.25. The van der Waals surface area contributed by atoms with Crippen molar-refractivity contribution in [1.82, 2.24) is 9.88 Å². The Morgan fingerprint density at radius 3 is 2.50 bits per heavy atom.